The Kier molecular flexibility index (Phi) is 4.04. The van der Waals surface area contributed by atoms with E-state index in [2.05, 4.69) is 22.5 Å². The largest absolute Gasteiger partial charge is 0.487 e. The first kappa shape index (κ1) is 13.1. The second-order valence-electron chi connectivity index (χ2n) is 4.19. The van der Waals surface area contributed by atoms with Gasteiger partial charge in [0.25, 0.3) is 0 Å². The van der Waals surface area contributed by atoms with Crippen LogP contribution in [0.4, 0.5) is 0 Å². The SMILES string of the molecule is C=C(Br)COc1c([C@@H](C)O)ccc2ccccc12. The molecule has 0 aliphatic heterocycles. The first-order valence-electron chi connectivity index (χ1n) is 5.75. The molecule has 2 rings (SSSR count). The van der Waals surface area contributed by atoms with E-state index in [0.717, 1.165) is 26.6 Å². The van der Waals surface area contributed by atoms with Crippen molar-refractivity contribution in [3.8, 4) is 5.75 Å². The van der Waals surface area contributed by atoms with Gasteiger partial charge in [0.2, 0.25) is 0 Å². The van der Waals surface area contributed by atoms with Crippen LogP contribution in [0.1, 0.15) is 18.6 Å². The lowest BCUT2D eigenvalue weighted by Gasteiger charge is -2.15. The highest BCUT2D eigenvalue weighted by molar-refractivity contribution is 9.11. The van der Waals surface area contributed by atoms with Crippen LogP contribution in [0.25, 0.3) is 10.8 Å². The predicted octanol–water partition coefficient (Wildman–Crippen LogP) is 4.18. The van der Waals surface area contributed by atoms with Crippen LogP contribution in [0.3, 0.4) is 0 Å². The molecule has 3 heteroatoms. The van der Waals surface area contributed by atoms with Gasteiger partial charge < -0.3 is 9.84 Å². The fourth-order valence-electron chi connectivity index (χ4n) is 1.90. The van der Waals surface area contributed by atoms with E-state index in [1.807, 2.05) is 36.4 Å². The molecule has 0 saturated carbocycles. The second kappa shape index (κ2) is 5.55. The van der Waals surface area contributed by atoms with Crippen LogP contribution < -0.4 is 4.74 Å². The molecular weight excluding hydrogens is 292 g/mol. The summed E-state index contributed by atoms with van der Waals surface area (Å²) in [5.41, 5.74) is 0.794. The zero-order valence-electron chi connectivity index (χ0n) is 10.2. The van der Waals surface area contributed by atoms with E-state index in [1.165, 1.54) is 0 Å². The Bertz CT molecular complexity index is 576. The molecular formula is C15H15BrO2. The standard InChI is InChI=1S/C15H15BrO2/c1-10(16)9-18-15-13(11(2)17)8-7-12-5-3-4-6-14(12)15/h3-8,11,17H,1,9H2,2H3/t11-/m1/s1. The maximum atomic E-state index is 9.82. The molecule has 0 aliphatic carbocycles. The molecule has 0 radical (unpaired) electrons. The highest BCUT2D eigenvalue weighted by Gasteiger charge is 2.12. The average molecular weight is 307 g/mol. The number of aliphatic hydroxyl groups excluding tert-OH is 1. The Labute approximate surface area is 115 Å². The lowest BCUT2D eigenvalue weighted by molar-refractivity contribution is 0.193. The van der Waals surface area contributed by atoms with Crippen LogP contribution >= 0.6 is 15.9 Å². The summed E-state index contributed by atoms with van der Waals surface area (Å²) in [4.78, 5) is 0. The van der Waals surface area contributed by atoms with Crippen molar-refractivity contribution in [3.63, 3.8) is 0 Å². The quantitative estimate of drug-likeness (QED) is 0.918. The Morgan fingerprint density at radius 1 is 1.33 bits per heavy atom. The van der Waals surface area contributed by atoms with Gasteiger partial charge in [0.15, 0.2) is 0 Å². The maximum Gasteiger partial charge on any atom is 0.133 e. The van der Waals surface area contributed by atoms with Gasteiger partial charge in [-0.3, -0.25) is 0 Å². The van der Waals surface area contributed by atoms with Crippen molar-refractivity contribution < 1.29 is 9.84 Å². The number of aliphatic hydroxyl groups is 1. The van der Waals surface area contributed by atoms with E-state index in [1.54, 1.807) is 6.92 Å². The molecule has 0 heterocycles. The third-order valence-corrected chi connectivity index (χ3v) is 2.96. The summed E-state index contributed by atoms with van der Waals surface area (Å²) >= 11 is 3.28. The van der Waals surface area contributed by atoms with Gasteiger partial charge in [-0.1, -0.05) is 58.9 Å². The first-order chi connectivity index (χ1) is 8.59. The van der Waals surface area contributed by atoms with Crippen LogP contribution in [-0.2, 0) is 0 Å². The van der Waals surface area contributed by atoms with Gasteiger partial charge in [-0.2, -0.15) is 0 Å². The van der Waals surface area contributed by atoms with E-state index in [0.29, 0.717) is 6.61 Å². The fourth-order valence-corrected chi connectivity index (χ4v) is 2.01. The van der Waals surface area contributed by atoms with E-state index in [4.69, 9.17) is 4.74 Å². The zero-order chi connectivity index (χ0) is 13.1. The minimum absolute atomic E-state index is 0.383. The highest BCUT2D eigenvalue weighted by atomic mass is 79.9. The monoisotopic (exact) mass is 306 g/mol. The Balaban J connectivity index is 2.55. The van der Waals surface area contributed by atoms with E-state index < -0.39 is 6.10 Å². The van der Waals surface area contributed by atoms with E-state index in [9.17, 15) is 5.11 Å². The van der Waals surface area contributed by atoms with Gasteiger partial charge in [0.1, 0.15) is 12.4 Å². The molecule has 2 aromatic carbocycles. The van der Waals surface area contributed by atoms with Gasteiger partial charge in [0, 0.05) is 15.4 Å². The van der Waals surface area contributed by atoms with Gasteiger partial charge in [-0.15, -0.1) is 0 Å². The number of hydrogen-bond donors (Lipinski definition) is 1. The molecule has 0 amide bonds. The normalized spacial score (nSPS) is 12.4. The number of ether oxygens (including phenoxy) is 1. The molecule has 1 atom stereocenters. The van der Waals surface area contributed by atoms with Crippen molar-refractivity contribution in [3.05, 3.63) is 53.0 Å². The Morgan fingerprint density at radius 3 is 2.72 bits per heavy atom. The maximum absolute atomic E-state index is 9.82. The lowest BCUT2D eigenvalue weighted by atomic mass is 10.0. The third kappa shape index (κ3) is 2.74. The number of hydrogen-bond acceptors (Lipinski definition) is 2. The summed E-state index contributed by atoms with van der Waals surface area (Å²) in [6.45, 7) is 5.87. The van der Waals surface area contributed by atoms with Gasteiger partial charge in [0.05, 0.1) is 6.10 Å². The minimum Gasteiger partial charge on any atom is -0.487 e. The number of benzene rings is 2. The summed E-state index contributed by atoms with van der Waals surface area (Å²) in [5, 5.41) is 11.9. The third-order valence-electron chi connectivity index (χ3n) is 2.73. The molecule has 18 heavy (non-hydrogen) atoms. The first-order valence-corrected chi connectivity index (χ1v) is 6.54. The van der Waals surface area contributed by atoms with E-state index in [-0.39, 0.29) is 0 Å². The second-order valence-corrected chi connectivity index (χ2v) is 5.31. The van der Waals surface area contributed by atoms with Crippen LogP contribution in [0.2, 0.25) is 0 Å². The summed E-state index contributed by atoms with van der Waals surface area (Å²) in [6.07, 6.45) is -0.562. The summed E-state index contributed by atoms with van der Waals surface area (Å²) in [5.74, 6) is 0.726. The van der Waals surface area contributed by atoms with Crippen LogP contribution in [0.5, 0.6) is 5.75 Å². The molecule has 0 saturated heterocycles. The van der Waals surface area contributed by atoms with Crippen molar-refractivity contribution in [2.75, 3.05) is 6.61 Å². The number of fused-ring (bicyclic) bond motifs is 1. The predicted molar refractivity (Wildman–Crippen MR) is 78.1 cm³/mol. The van der Waals surface area contributed by atoms with Crippen LogP contribution in [-0.4, -0.2) is 11.7 Å². The molecule has 1 N–H and O–H groups in total. The summed E-state index contributed by atoms with van der Waals surface area (Å²) < 4.78 is 6.54. The van der Waals surface area contributed by atoms with E-state index >= 15 is 0 Å². The molecule has 2 aromatic rings. The highest BCUT2D eigenvalue weighted by Crippen LogP contribution is 2.34. The molecule has 0 bridgehead atoms. The Morgan fingerprint density at radius 2 is 2.06 bits per heavy atom. The lowest BCUT2D eigenvalue weighted by Crippen LogP contribution is -2.02. The number of rotatable bonds is 4. The molecule has 94 valence electrons. The van der Waals surface area contributed by atoms with Gasteiger partial charge >= 0.3 is 0 Å². The van der Waals surface area contributed by atoms with Crippen molar-refractivity contribution in [1.82, 2.24) is 0 Å². The fraction of sp³-hybridized carbons (Fsp3) is 0.200. The van der Waals surface area contributed by atoms with Crippen molar-refractivity contribution in [1.29, 1.82) is 0 Å². The molecule has 0 aliphatic rings. The molecule has 2 nitrogen and oxygen atoms in total. The molecule has 0 unspecified atom stereocenters. The Hall–Kier alpha value is -1.32. The number of halogens is 1. The smallest absolute Gasteiger partial charge is 0.133 e. The van der Waals surface area contributed by atoms with Gasteiger partial charge in [-0.05, 0) is 12.3 Å². The molecule has 0 spiro atoms. The van der Waals surface area contributed by atoms with Gasteiger partial charge in [-0.25, -0.2) is 0 Å². The summed E-state index contributed by atoms with van der Waals surface area (Å²) in [6, 6.07) is 11.9. The zero-order valence-corrected chi connectivity index (χ0v) is 11.8. The molecule has 0 fully saturated rings. The minimum atomic E-state index is -0.562. The van der Waals surface area contributed by atoms with Crippen molar-refractivity contribution >= 4 is 26.7 Å². The summed E-state index contributed by atoms with van der Waals surface area (Å²) in [7, 11) is 0. The van der Waals surface area contributed by atoms with Crippen LogP contribution in [0.15, 0.2) is 47.5 Å². The van der Waals surface area contributed by atoms with Crippen LogP contribution in [0, 0.1) is 0 Å². The average Bonchev–Trinajstić information content (AvgIpc) is 2.35. The molecule has 0 aromatic heterocycles. The topological polar surface area (TPSA) is 29.5 Å². The van der Waals surface area contributed by atoms with Crippen molar-refractivity contribution in [2.45, 2.75) is 13.0 Å². The van der Waals surface area contributed by atoms with Crippen molar-refractivity contribution in [2.24, 2.45) is 0 Å².